The summed E-state index contributed by atoms with van der Waals surface area (Å²) in [6, 6.07) is 7.69. The van der Waals surface area contributed by atoms with Gasteiger partial charge >= 0.3 is 0 Å². The Kier molecular flexibility index (Phi) is 4.45. The average molecular weight is 358 g/mol. The maximum Gasteiger partial charge on any atom is 0.293 e. The van der Waals surface area contributed by atoms with Gasteiger partial charge in [0.2, 0.25) is 0 Å². The first-order valence-electron chi connectivity index (χ1n) is 7.41. The zero-order chi connectivity index (χ0) is 18.1. The van der Waals surface area contributed by atoms with Crippen LogP contribution in [0.2, 0.25) is 0 Å². The predicted octanol–water partition coefficient (Wildman–Crippen LogP) is 4.04. The van der Waals surface area contributed by atoms with Crippen molar-refractivity contribution in [3.05, 3.63) is 68.0 Å². The molecule has 3 rings (SSSR count). The van der Waals surface area contributed by atoms with Gasteiger partial charge < -0.3 is 4.42 Å². The molecule has 0 aliphatic carbocycles. The molecule has 1 saturated heterocycles. The number of benzene rings is 1. The van der Waals surface area contributed by atoms with E-state index >= 15 is 0 Å². The first-order chi connectivity index (χ1) is 11.8. The summed E-state index contributed by atoms with van der Waals surface area (Å²) in [4.78, 5) is 36.4. The molecule has 1 aromatic heterocycles. The number of rotatable bonds is 4. The van der Waals surface area contributed by atoms with Crippen LogP contribution in [0.15, 0.2) is 39.7 Å². The Morgan fingerprint density at radius 2 is 2.04 bits per heavy atom. The minimum absolute atomic E-state index is 0.00686. The Bertz CT molecular complexity index is 916. The minimum atomic E-state index is -0.513. The predicted molar refractivity (Wildman–Crippen MR) is 92.8 cm³/mol. The first-order valence-corrected chi connectivity index (χ1v) is 8.22. The second-order valence-electron chi connectivity index (χ2n) is 5.56. The molecule has 0 unspecified atom stereocenters. The molecule has 1 aliphatic heterocycles. The van der Waals surface area contributed by atoms with Crippen molar-refractivity contribution in [3.63, 3.8) is 0 Å². The summed E-state index contributed by atoms with van der Waals surface area (Å²) < 4.78 is 5.42. The van der Waals surface area contributed by atoms with Gasteiger partial charge in [-0.15, -0.1) is 0 Å². The SMILES string of the molecule is Cc1cc(/C=C2\SC(=O)N(Cc3cccc([N+](=O)[O-])c3)C2=O)c(C)o1. The number of carbonyl (C=O) groups is 2. The molecule has 1 aromatic carbocycles. The van der Waals surface area contributed by atoms with Gasteiger partial charge in [-0.05, 0) is 43.3 Å². The summed E-state index contributed by atoms with van der Waals surface area (Å²) in [7, 11) is 0. The fourth-order valence-electron chi connectivity index (χ4n) is 2.52. The van der Waals surface area contributed by atoms with E-state index in [4.69, 9.17) is 4.42 Å². The van der Waals surface area contributed by atoms with E-state index in [0.29, 0.717) is 16.2 Å². The lowest BCUT2D eigenvalue weighted by Gasteiger charge is -2.12. The number of nitro benzene ring substituents is 1. The molecule has 128 valence electrons. The van der Waals surface area contributed by atoms with Crippen LogP contribution in [0.1, 0.15) is 22.6 Å². The number of hydrogen-bond donors (Lipinski definition) is 0. The molecular weight excluding hydrogens is 344 g/mol. The smallest absolute Gasteiger partial charge is 0.293 e. The van der Waals surface area contributed by atoms with Gasteiger partial charge in [-0.1, -0.05) is 12.1 Å². The van der Waals surface area contributed by atoms with E-state index < -0.39 is 16.1 Å². The summed E-state index contributed by atoms with van der Waals surface area (Å²) in [5, 5.41) is 10.4. The molecule has 0 saturated carbocycles. The fraction of sp³-hybridized carbons (Fsp3) is 0.176. The summed E-state index contributed by atoms with van der Waals surface area (Å²) in [5.41, 5.74) is 1.19. The highest BCUT2D eigenvalue weighted by atomic mass is 32.2. The summed E-state index contributed by atoms with van der Waals surface area (Å²) in [6.07, 6.45) is 1.63. The molecule has 0 atom stereocenters. The number of hydrogen-bond acceptors (Lipinski definition) is 6. The monoisotopic (exact) mass is 358 g/mol. The zero-order valence-corrected chi connectivity index (χ0v) is 14.3. The molecule has 7 nitrogen and oxygen atoms in total. The average Bonchev–Trinajstić information content (AvgIpc) is 3.01. The second kappa shape index (κ2) is 6.56. The van der Waals surface area contributed by atoms with Crippen molar-refractivity contribution >= 4 is 34.7 Å². The third-order valence-electron chi connectivity index (χ3n) is 3.70. The largest absolute Gasteiger partial charge is 0.466 e. The van der Waals surface area contributed by atoms with Crippen LogP contribution in [0.25, 0.3) is 6.08 Å². The van der Waals surface area contributed by atoms with Gasteiger partial charge in [0.05, 0.1) is 16.4 Å². The van der Waals surface area contributed by atoms with E-state index in [-0.39, 0.29) is 12.2 Å². The van der Waals surface area contributed by atoms with E-state index in [9.17, 15) is 19.7 Å². The number of nitrogens with zero attached hydrogens (tertiary/aromatic N) is 2. The molecule has 25 heavy (non-hydrogen) atoms. The second-order valence-corrected chi connectivity index (χ2v) is 6.56. The van der Waals surface area contributed by atoms with Crippen molar-refractivity contribution in [2.75, 3.05) is 0 Å². The van der Waals surface area contributed by atoms with Crippen molar-refractivity contribution in [2.24, 2.45) is 0 Å². The highest BCUT2D eigenvalue weighted by Crippen LogP contribution is 2.34. The molecule has 2 aromatic rings. The minimum Gasteiger partial charge on any atom is -0.466 e. The van der Waals surface area contributed by atoms with Gasteiger partial charge in [0.1, 0.15) is 11.5 Å². The Balaban J connectivity index is 1.83. The maximum absolute atomic E-state index is 12.5. The first kappa shape index (κ1) is 17.0. The van der Waals surface area contributed by atoms with E-state index in [1.165, 1.54) is 18.2 Å². The van der Waals surface area contributed by atoms with E-state index in [1.54, 1.807) is 32.1 Å². The van der Waals surface area contributed by atoms with Gasteiger partial charge in [-0.25, -0.2) is 0 Å². The lowest BCUT2D eigenvalue weighted by atomic mass is 10.2. The molecule has 8 heteroatoms. The van der Waals surface area contributed by atoms with Crippen LogP contribution in [0.4, 0.5) is 10.5 Å². The number of aryl methyl sites for hydroxylation is 2. The van der Waals surface area contributed by atoms with Crippen molar-refractivity contribution in [1.29, 1.82) is 0 Å². The Hall–Kier alpha value is -2.87. The van der Waals surface area contributed by atoms with Gasteiger partial charge in [-0.2, -0.15) is 0 Å². The lowest BCUT2D eigenvalue weighted by Crippen LogP contribution is -2.27. The van der Waals surface area contributed by atoms with Gasteiger partial charge in [0.25, 0.3) is 16.8 Å². The lowest BCUT2D eigenvalue weighted by molar-refractivity contribution is -0.384. The van der Waals surface area contributed by atoms with Crippen LogP contribution in [0.3, 0.4) is 0 Å². The van der Waals surface area contributed by atoms with E-state index in [1.807, 2.05) is 0 Å². The van der Waals surface area contributed by atoms with Gasteiger partial charge in [0, 0.05) is 17.7 Å². The molecule has 0 bridgehead atoms. The number of carbonyl (C=O) groups excluding carboxylic acids is 2. The van der Waals surface area contributed by atoms with Crippen LogP contribution in [-0.4, -0.2) is 21.0 Å². The Morgan fingerprint density at radius 1 is 1.28 bits per heavy atom. The van der Waals surface area contributed by atoms with Crippen molar-refractivity contribution < 1.29 is 18.9 Å². The summed E-state index contributed by atoms with van der Waals surface area (Å²) in [6.45, 7) is 3.58. The fourth-order valence-corrected chi connectivity index (χ4v) is 3.35. The number of imide groups is 1. The highest BCUT2D eigenvalue weighted by molar-refractivity contribution is 8.18. The Labute approximate surface area is 147 Å². The van der Waals surface area contributed by atoms with Crippen LogP contribution >= 0.6 is 11.8 Å². The zero-order valence-electron chi connectivity index (χ0n) is 13.5. The summed E-state index contributed by atoms with van der Waals surface area (Å²) in [5.74, 6) is 0.974. The normalized spacial score (nSPS) is 16.1. The number of nitro groups is 1. The molecule has 0 spiro atoms. The third-order valence-corrected chi connectivity index (χ3v) is 4.61. The van der Waals surface area contributed by atoms with E-state index in [0.717, 1.165) is 28.0 Å². The summed E-state index contributed by atoms with van der Waals surface area (Å²) >= 11 is 0.847. The Morgan fingerprint density at radius 3 is 2.68 bits per heavy atom. The number of furan rings is 1. The standard InChI is InChI=1S/C17H14N2O5S/c1-10-6-13(11(2)24-10)8-15-16(20)18(17(21)25-15)9-12-4-3-5-14(7-12)19(22)23/h3-8H,9H2,1-2H3/b15-8-. The molecule has 2 heterocycles. The highest BCUT2D eigenvalue weighted by Gasteiger charge is 2.35. The maximum atomic E-state index is 12.5. The molecule has 2 amide bonds. The number of non-ortho nitro benzene ring substituents is 1. The van der Waals surface area contributed by atoms with Crippen molar-refractivity contribution in [2.45, 2.75) is 20.4 Å². The van der Waals surface area contributed by atoms with Gasteiger partial charge in [0.15, 0.2) is 0 Å². The topological polar surface area (TPSA) is 93.7 Å². The molecule has 1 aliphatic rings. The van der Waals surface area contributed by atoms with Crippen LogP contribution in [0.5, 0.6) is 0 Å². The molecular formula is C17H14N2O5S. The number of thioether (sulfide) groups is 1. The van der Waals surface area contributed by atoms with Crippen LogP contribution in [-0.2, 0) is 11.3 Å². The van der Waals surface area contributed by atoms with Crippen LogP contribution in [0, 0.1) is 24.0 Å². The van der Waals surface area contributed by atoms with Crippen LogP contribution < -0.4 is 0 Å². The van der Waals surface area contributed by atoms with E-state index in [2.05, 4.69) is 0 Å². The quantitative estimate of drug-likeness (QED) is 0.465. The van der Waals surface area contributed by atoms with Gasteiger partial charge in [-0.3, -0.25) is 24.6 Å². The third kappa shape index (κ3) is 3.48. The van der Waals surface area contributed by atoms with Crippen molar-refractivity contribution in [1.82, 2.24) is 4.90 Å². The van der Waals surface area contributed by atoms with Crippen molar-refractivity contribution in [3.8, 4) is 0 Å². The number of amides is 2. The molecule has 0 N–H and O–H groups in total. The molecule has 1 fully saturated rings. The molecule has 0 radical (unpaired) electrons.